The smallest absolute Gasteiger partial charge is 0.381 e. The molecule has 1 unspecified atom stereocenters. The maximum absolute atomic E-state index is 5.28. The Morgan fingerprint density at radius 2 is 1.46 bits per heavy atom. The zero-order valence-corrected chi connectivity index (χ0v) is 10.1. The van der Waals surface area contributed by atoms with E-state index in [9.17, 15) is 0 Å². The van der Waals surface area contributed by atoms with E-state index < -0.39 is 8.80 Å². The molecule has 0 bridgehead atoms. The minimum atomic E-state index is -2.45. The van der Waals surface area contributed by atoms with Crippen LogP contribution in [0, 0.1) is 0 Å². The Labute approximate surface area is 81.5 Å². The van der Waals surface area contributed by atoms with Crippen molar-refractivity contribution in [1.82, 2.24) is 0 Å². The number of methoxy groups -OCH3 is 1. The van der Waals surface area contributed by atoms with Gasteiger partial charge in [-0.25, -0.2) is 0 Å². The van der Waals surface area contributed by atoms with Crippen molar-refractivity contribution in [2.45, 2.75) is 25.5 Å². The predicted molar refractivity (Wildman–Crippen MR) is 52.7 cm³/mol. The standard InChI is InChI=1S/C8H20O4Si/c1-6-8(9-2)7-13(10-3,11-4)12-5/h8H,6-7H2,1-5H3. The average molecular weight is 208 g/mol. The molecule has 0 saturated heterocycles. The van der Waals surface area contributed by atoms with Crippen LogP contribution >= 0.6 is 0 Å². The van der Waals surface area contributed by atoms with Crippen LogP contribution < -0.4 is 0 Å². The number of hydrogen-bond donors (Lipinski definition) is 0. The van der Waals surface area contributed by atoms with Crippen LogP contribution in [-0.2, 0) is 18.0 Å². The minimum absolute atomic E-state index is 0.145. The summed E-state index contributed by atoms with van der Waals surface area (Å²) in [7, 11) is 4.08. The van der Waals surface area contributed by atoms with Gasteiger partial charge in [0.15, 0.2) is 0 Å². The Bertz CT molecular complexity index is 115. The summed E-state index contributed by atoms with van der Waals surface area (Å²) in [6.45, 7) is 2.06. The van der Waals surface area contributed by atoms with Gasteiger partial charge < -0.3 is 18.0 Å². The van der Waals surface area contributed by atoms with E-state index in [1.165, 1.54) is 0 Å². The molecule has 80 valence electrons. The van der Waals surface area contributed by atoms with Gasteiger partial charge in [0.25, 0.3) is 0 Å². The van der Waals surface area contributed by atoms with Crippen molar-refractivity contribution >= 4 is 8.80 Å². The van der Waals surface area contributed by atoms with Gasteiger partial charge in [0.1, 0.15) is 0 Å². The van der Waals surface area contributed by atoms with Gasteiger partial charge in [-0.1, -0.05) is 6.92 Å². The largest absolute Gasteiger partial charge is 0.502 e. The van der Waals surface area contributed by atoms with Crippen molar-refractivity contribution in [3.05, 3.63) is 0 Å². The summed E-state index contributed by atoms with van der Waals surface area (Å²) in [5.74, 6) is 0. The van der Waals surface area contributed by atoms with Crippen LogP contribution in [0.1, 0.15) is 13.3 Å². The first-order valence-electron chi connectivity index (χ1n) is 4.36. The van der Waals surface area contributed by atoms with Gasteiger partial charge in [-0.05, 0) is 6.42 Å². The zero-order valence-electron chi connectivity index (χ0n) is 9.12. The molecule has 0 saturated carbocycles. The van der Waals surface area contributed by atoms with Gasteiger partial charge in [0.2, 0.25) is 0 Å². The summed E-state index contributed by atoms with van der Waals surface area (Å²) in [5.41, 5.74) is 0. The Hall–Kier alpha value is 0.0569. The Morgan fingerprint density at radius 3 is 1.69 bits per heavy atom. The third kappa shape index (κ3) is 3.74. The van der Waals surface area contributed by atoms with Crippen LogP contribution in [0.3, 0.4) is 0 Å². The predicted octanol–water partition coefficient (Wildman–Crippen LogP) is 1.29. The molecule has 0 N–H and O–H groups in total. The third-order valence-corrected chi connectivity index (χ3v) is 5.02. The number of hydrogen-bond acceptors (Lipinski definition) is 4. The average Bonchev–Trinajstić information content (AvgIpc) is 2.21. The summed E-state index contributed by atoms with van der Waals surface area (Å²) in [4.78, 5) is 0. The van der Waals surface area contributed by atoms with Crippen LogP contribution in [0.15, 0.2) is 0 Å². The highest BCUT2D eigenvalue weighted by atomic mass is 28.4. The highest BCUT2D eigenvalue weighted by Gasteiger charge is 2.40. The van der Waals surface area contributed by atoms with Gasteiger partial charge in [-0.3, -0.25) is 0 Å². The molecule has 0 aliphatic heterocycles. The van der Waals surface area contributed by atoms with Crippen LogP contribution in [0.25, 0.3) is 0 Å². The lowest BCUT2D eigenvalue weighted by atomic mass is 10.3. The number of ether oxygens (including phenoxy) is 1. The molecule has 0 aromatic rings. The van der Waals surface area contributed by atoms with E-state index in [1.807, 2.05) is 0 Å². The molecular formula is C8H20O4Si. The van der Waals surface area contributed by atoms with Gasteiger partial charge in [0.05, 0.1) is 6.10 Å². The van der Waals surface area contributed by atoms with E-state index in [4.69, 9.17) is 18.0 Å². The van der Waals surface area contributed by atoms with Crippen LogP contribution in [0.2, 0.25) is 6.04 Å². The highest BCUT2D eigenvalue weighted by molar-refractivity contribution is 6.60. The van der Waals surface area contributed by atoms with E-state index >= 15 is 0 Å². The van der Waals surface area contributed by atoms with Crippen LogP contribution in [0.4, 0.5) is 0 Å². The minimum Gasteiger partial charge on any atom is -0.381 e. The molecule has 0 aliphatic carbocycles. The molecule has 0 spiro atoms. The molecule has 0 aromatic carbocycles. The SMILES string of the molecule is CCC(C[Si](OC)(OC)OC)OC. The lowest BCUT2D eigenvalue weighted by Crippen LogP contribution is -2.45. The van der Waals surface area contributed by atoms with Gasteiger partial charge in [0, 0.05) is 34.5 Å². The summed E-state index contributed by atoms with van der Waals surface area (Å²) in [5, 5.41) is 0. The van der Waals surface area contributed by atoms with E-state index in [0.29, 0.717) is 6.04 Å². The highest BCUT2D eigenvalue weighted by Crippen LogP contribution is 2.18. The second kappa shape index (κ2) is 6.50. The lowest BCUT2D eigenvalue weighted by molar-refractivity contribution is 0.0710. The summed E-state index contributed by atoms with van der Waals surface area (Å²) in [6, 6.07) is 0.698. The fourth-order valence-electron chi connectivity index (χ4n) is 1.17. The van der Waals surface area contributed by atoms with Gasteiger partial charge >= 0.3 is 8.80 Å². The molecule has 0 heterocycles. The first kappa shape index (κ1) is 13.1. The molecule has 13 heavy (non-hydrogen) atoms. The molecule has 0 amide bonds. The third-order valence-electron chi connectivity index (χ3n) is 2.20. The first-order valence-corrected chi connectivity index (χ1v) is 6.29. The molecule has 5 heteroatoms. The molecule has 1 atom stereocenters. The van der Waals surface area contributed by atoms with E-state index in [2.05, 4.69) is 6.92 Å². The molecule has 0 fully saturated rings. The fraction of sp³-hybridized carbons (Fsp3) is 1.00. The van der Waals surface area contributed by atoms with E-state index in [-0.39, 0.29) is 6.10 Å². The van der Waals surface area contributed by atoms with Crippen molar-refractivity contribution in [2.24, 2.45) is 0 Å². The first-order chi connectivity index (χ1) is 6.17. The van der Waals surface area contributed by atoms with Crippen LogP contribution in [-0.4, -0.2) is 43.3 Å². The van der Waals surface area contributed by atoms with E-state index in [1.54, 1.807) is 28.4 Å². The van der Waals surface area contributed by atoms with E-state index in [0.717, 1.165) is 6.42 Å². The van der Waals surface area contributed by atoms with Crippen LogP contribution in [0.5, 0.6) is 0 Å². The Kier molecular flexibility index (Phi) is 6.53. The summed E-state index contributed by atoms with van der Waals surface area (Å²) < 4.78 is 21.1. The number of rotatable bonds is 7. The molecule has 0 rings (SSSR count). The van der Waals surface area contributed by atoms with Crippen molar-refractivity contribution in [3.8, 4) is 0 Å². The molecule has 0 radical (unpaired) electrons. The quantitative estimate of drug-likeness (QED) is 0.591. The van der Waals surface area contributed by atoms with Crippen molar-refractivity contribution in [2.75, 3.05) is 28.4 Å². The second-order valence-corrected chi connectivity index (χ2v) is 5.76. The Morgan fingerprint density at radius 1 is 1.00 bits per heavy atom. The normalized spacial score (nSPS) is 14.5. The Balaban J connectivity index is 4.21. The van der Waals surface area contributed by atoms with Gasteiger partial charge in [-0.2, -0.15) is 0 Å². The van der Waals surface area contributed by atoms with Crippen molar-refractivity contribution < 1.29 is 18.0 Å². The monoisotopic (exact) mass is 208 g/mol. The lowest BCUT2D eigenvalue weighted by Gasteiger charge is -2.27. The molecule has 0 aromatic heterocycles. The van der Waals surface area contributed by atoms with Crippen molar-refractivity contribution in [1.29, 1.82) is 0 Å². The molecular weight excluding hydrogens is 188 g/mol. The maximum atomic E-state index is 5.28. The molecule has 4 nitrogen and oxygen atoms in total. The maximum Gasteiger partial charge on any atom is 0.502 e. The summed E-state index contributed by atoms with van der Waals surface area (Å²) in [6.07, 6.45) is 1.08. The zero-order chi connectivity index (χ0) is 10.3. The topological polar surface area (TPSA) is 36.9 Å². The summed E-state index contributed by atoms with van der Waals surface area (Å²) >= 11 is 0. The fourth-order valence-corrected chi connectivity index (χ4v) is 3.19. The molecule has 0 aliphatic rings. The van der Waals surface area contributed by atoms with Crippen molar-refractivity contribution in [3.63, 3.8) is 0 Å². The second-order valence-electron chi connectivity index (χ2n) is 2.77. The van der Waals surface area contributed by atoms with Gasteiger partial charge in [-0.15, -0.1) is 0 Å².